The van der Waals surface area contributed by atoms with Crippen molar-refractivity contribution in [1.29, 1.82) is 0 Å². The fraction of sp³-hybridized carbons (Fsp3) is 0.208. The first-order chi connectivity index (χ1) is 27.5. The smallest absolute Gasteiger partial charge is 1.00 e. The monoisotopic (exact) mass is 1100 g/mol. The molecule has 0 aliphatic rings. The van der Waals surface area contributed by atoms with E-state index in [0.29, 0.717) is 20.1 Å². The van der Waals surface area contributed by atoms with Gasteiger partial charge < -0.3 is 49.6 Å². The number of para-hydroxylation sites is 2. The van der Waals surface area contributed by atoms with Gasteiger partial charge in [-0.05, 0) is 151 Å². The van der Waals surface area contributed by atoms with Crippen LogP contribution in [0.5, 0.6) is 0 Å². The quantitative estimate of drug-likeness (QED) is 0.174. The standard InChI is InChI=1S/C25H25Cl2N3.C23H21Cl2N3.4ClH.2Fe/c1-14-10-16(3)24(20(26)12-14)28-18(5)22-8-7-9-23(30-22)19(6)29-25-17(4)11-15(2)13-21(25)27;1-14-8-5-10-18(24)22(14)26-16(3)20-12-7-13-21(28-20)17(4)27-23-15(2)9-6-11-19(23)25;;;;;;/h7-13H,1-6H3;5-13H,1-4H3;4*1H;;/q;;;;;;2*+2/p-4. The first kappa shape index (κ1) is 63.3. The number of nitrogens with zero attached hydrogens (tertiary/aromatic N) is 6. The van der Waals surface area contributed by atoms with Gasteiger partial charge in [0.05, 0.1) is 88.5 Å². The van der Waals surface area contributed by atoms with Crippen molar-refractivity contribution in [3.8, 4) is 0 Å². The summed E-state index contributed by atoms with van der Waals surface area (Å²) in [6, 6.07) is 31.2. The summed E-state index contributed by atoms with van der Waals surface area (Å²) in [7, 11) is 0. The molecular weight excluding hydrogens is 1060 g/mol. The molecule has 0 spiro atoms. The van der Waals surface area contributed by atoms with E-state index < -0.39 is 0 Å². The van der Waals surface area contributed by atoms with Gasteiger partial charge in [0.1, 0.15) is 0 Å². The molecule has 16 heteroatoms. The Kier molecular flexibility index (Phi) is 28.8. The fourth-order valence-corrected chi connectivity index (χ4v) is 7.46. The average molecular weight is 1100 g/mol. The molecule has 0 bridgehead atoms. The van der Waals surface area contributed by atoms with E-state index in [1.54, 1.807) is 0 Å². The van der Waals surface area contributed by atoms with Crippen LogP contribution in [0.25, 0.3) is 0 Å². The molecule has 0 aliphatic carbocycles. The molecule has 0 aliphatic heterocycles. The Labute approximate surface area is 444 Å². The molecule has 6 aromatic rings. The van der Waals surface area contributed by atoms with E-state index in [1.165, 1.54) is 0 Å². The summed E-state index contributed by atoms with van der Waals surface area (Å²) < 4.78 is 0. The van der Waals surface area contributed by atoms with Gasteiger partial charge in [0.15, 0.2) is 0 Å². The van der Waals surface area contributed by atoms with Crippen molar-refractivity contribution < 1.29 is 83.8 Å². The van der Waals surface area contributed by atoms with E-state index in [9.17, 15) is 0 Å². The van der Waals surface area contributed by atoms with Crippen LogP contribution in [-0.4, -0.2) is 32.8 Å². The van der Waals surface area contributed by atoms with Crippen molar-refractivity contribution >= 4 is 92.0 Å². The molecule has 64 heavy (non-hydrogen) atoms. The molecule has 340 valence electrons. The minimum Gasteiger partial charge on any atom is -1.00 e. The van der Waals surface area contributed by atoms with Gasteiger partial charge in [-0.15, -0.1) is 0 Å². The van der Waals surface area contributed by atoms with Crippen molar-refractivity contribution in [3.05, 3.63) is 173 Å². The normalized spacial score (nSPS) is 11.2. The largest absolute Gasteiger partial charge is 2.00 e. The third-order valence-corrected chi connectivity index (χ3v) is 10.5. The van der Waals surface area contributed by atoms with E-state index in [1.807, 2.05) is 154 Å². The predicted molar refractivity (Wildman–Crippen MR) is 250 cm³/mol. The molecule has 0 amide bonds. The number of aliphatic imine (C=N–C) groups is 4. The zero-order valence-electron chi connectivity index (χ0n) is 36.7. The van der Waals surface area contributed by atoms with Crippen LogP contribution in [0.2, 0.25) is 20.1 Å². The van der Waals surface area contributed by atoms with Gasteiger partial charge in [-0.3, -0.25) is 0 Å². The van der Waals surface area contributed by atoms with Crippen LogP contribution in [0.1, 0.15) is 83.9 Å². The molecule has 4 aromatic carbocycles. The van der Waals surface area contributed by atoms with Gasteiger partial charge in [0.2, 0.25) is 0 Å². The zero-order valence-corrected chi connectivity index (χ0v) is 44.9. The zero-order chi connectivity index (χ0) is 42.3. The van der Waals surface area contributed by atoms with Crippen LogP contribution in [0, 0.1) is 41.5 Å². The second kappa shape index (κ2) is 29.1. The summed E-state index contributed by atoms with van der Waals surface area (Å²) in [4.78, 5) is 28.4. The van der Waals surface area contributed by atoms with Gasteiger partial charge in [-0.25, -0.2) is 29.9 Å². The topological polar surface area (TPSA) is 75.2 Å². The maximum atomic E-state index is 6.42. The van der Waals surface area contributed by atoms with Crippen molar-refractivity contribution in [2.75, 3.05) is 0 Å². The molecule has 0 saturated carbocycles. The molecular formula is C48H46Cl8Fe2N6. The van der Waals surface area contributed by atoms with Crippen LogP contribution < -0.4 is 49.6 Å². The maximum absolute atomic E-state index is 6.42. The Balaban J connectivity index is 0. The van der Waals surface area contributed by atoms with E-state index in [0.717, 1.165) is 102 Å². The fourth-order valence-electron chi connectivity index (χ4n) is 6.20. The van der Waals surface area contributed by atoms with Gasteiger partial charge in [0.25, 0.3) is 0 Å². The molecule has 2 aromatic heterocycles. The summed E-state index contributed by atoms with van der Waals surface area (Å²) in [6.07, 6.45) is 0. The molecule has 0 saturated heterocycles. The molecule has 0 unspecified atom stereocenters. The molecule has 6 nitrogen and oxygen atoms in total. The minimum absolute atomic E-state index is 0. The van der Waals surface area contributed by atoms with Gasteiger partial charge in [0, 0.05) is 0 Å². The molecule has 0 N–H and O–H groups in total. The van der Waals surface area contributed by atoms with Crippen LogP contribution in [0.4, 0.5) is 22.7 Å². The second-order valence-corrected chi connectivity index (χ2v) is 15.9. The SMILES string of the molecule is CC(=Nc1c(C)cc(C)cc1Cl)c1cccc(C(C)=Nc2c(C)cc(C)cc2Cl)n1.CC(=Nc1c(C)cccc1Cl)c1cccc(C(C)=Nc2c(C)cccc2Cl)n1.[Cl-].[Cl-].[Cl-].[Cl-].[Fe+2].[Fe+2]. The number of benzene rings is 4. The Morgan fingerprint density at radius 2 is 0.609 bits per heavy atom. The first-order valence-corrected chi connectivity index (χ1v) is 20.2. The Bertz CT molecular complexity index is 2390. The van der Waals surface area contributed by atoms with E-state index in [-0.39, 0.29) is 83.8 Å². The van der Waals surface area contributed by atoms with Crippen LogP contribution in [0.15, 0.2) is 117 Å². The molecule has 6 rings (SSSR count). The summed E-state index contributed by atoms with van der Waals surface area (Å²) in [5, 5.41) is 2.54. The van der Waals surface area contributed by atoms with Crippen molar-refractivity contribution in [1.82, 2.24) is 9.97 Å². The van der Waals surface area contributed by atoms with Gasteiger partial charge >= 0.3 is 34.1 Å². The molecule has 0 fully saturated rings. The van der Waals surface area contributed by atoms with Crippen LogP contribution >= 0.6 is 46.4 Å². The summed E-state index contributed by atoms with van der Waals surface area (Å²) in [5.74, 6) is 0. The van der Waals surface area contributed by atoms with Crippen molar-refractivity contribution in [2.45, 2.75) is 69.2 Å². The average Bonchev–Trinajstić information content (AvgIpc) is 3.17. The number of halogens is 8. The minimum atomic E-state index is 0. The van der Waals surface area contributed by atoms with E-state index >= 15 is 0 Å². The third kappa shape index (κ3) is 16.8. The maximum Gasteiger partial charge on any atom is 2.00 e. The number of pyridine rings is 2. The molecule has 0 atom stereocenters. The Morgan fingerprint density at radius 3 is 0.859 bits per heavy atom. The summed E-state index contributed by atoms with van der Waals surface area (Å²) in [6.45, 7) is 19.8. The number of aromatic nitrogens is 2. The Hall–Kier alpha value is -2.78. The van der Waals surface area contributed by atoms with Gasteiger partial charge in [-0.2, -0.15) is 0 Å². The summed E-state index contributed by atoms with van der Waals surface area (Å²) in [5.41, 5.74) is 15.7. The van der Waals surface area contributed by atoms with Crippen LogP contribution in [0.3, 0.4) is 0 Å². The van der Waals surface area contributed by atoms with Crippen molar-refractivity contribution in [3.63, 3.8) is 0 Å². The second-order valence-electron chi connectivity index (χ2n) is 14.2. The number of hydrogen-bond acceptors (Lipinski definition) is 6. The third-order valence-electron chi connectivity index (χ3n) is 9.27. The number of hydrogen-bond donors (Lipinski definition) is 0. The van der Waals surface area contributed by atoms with Crippen molar-refractivity contribution in [2.24, 2.45) is 20.0 Å². The van der Waals surface area contributed by atoms with Crippen LogP contribution in [-0.2, 0) is 34.1 Å². The number of aryl methyl sites for hydroxylation is 6. The number of rotatable bonds is 8. The first-order valence-electron chi connectivity index (χ1n) is 18.7. The van der Waals surface area contributed by atoms with E-state index in [4.69, 9.17) is 76.3 Å². The summed E-state index contributed by atoms with van der Waals surface area (Å²) >= 11 is 25.4. The Morgan fingerprint density at radius 1 is 0.359 bits per heavy atom. The molecule has 2 heterocycles. The predicted octanol–water partition coefficient (Wildman–Crippen LogP) is 3.20. The van der Waals surface area contributed by atoms with Gasteiger partial charge in [-0.1, -0.05) is 94.9 Å². The van der Waals surface area contributed by atoms with E-state index in [2.05, 4.69) is 12.1 Å². The molecule has 0 radical (unpaired) electrons.